The van der Waals surface area contributed by atoms with Gasteiger partial charge in [0.2, 0.25) is 0 Å². The second-order valence-corrected chi connectivity index (χ2v) is 14.4. The molecule has 3 saturated heterocycles. The van der Waals surface area contributed by atoms with Crippen LogP contribution < -0.4 is 11.3 Å². The Morgan fingerprint density at radius 3 is 2.54 bits per heavy atom. The topological polar surface area (TPSA) is 266 Å². The molecule has 6 N–H and O–H groups in total. The molecule has 4 aromatic heterocycles. The summed E-state index contributed by atoms with van der Waals surface area (Å²) in [5, 5.41) is 12.0. The lowest BCUT2D eigenvalue weighted by molar-refractivity contribution is -0.0547. The Kier molecular flexibility index (Phi) is 8.11. The van der Waals surface area contributed by atoms with E-state index >= 15 is 4.39 Å². The van der Waals surface area contributed by atoms with Gasteiger partial charge in [-0.2, -0.15) is 0 Å². The van der Waals surface area contributed by atoms with Gasteiger partial charge in [0.25, 0.3) is 5.56 Å². The van der Waals surface area contributed by atoms with Crippen LogP contribution in [0.5, 0.6) is 0 Å². The van der Waals surface area contributed by atoms with Crippen molar-refractivity contribution in [3.8, 4) is 0 Å². The van der Waals surface area contributed by atoms with Crippen LogP contribution in [-0.4, -0.2) is 94.8 Å². The van der Waals surface area contributed by atoms with E-state index in [1.807, 2.05) is 0 Å². The van der Waals surface area contributed by atoms with Crippen LogP contribution in [0, 0.1) is 12.8 Å². The number of thiophene rings is 1. The zero-order chi connectivity index (χ0) is 32.5. The van der Waals surface area contributed by atoms with Crippen molar-refractivity contribution >= 4 is 54.9 Å². The number of aliphatic hydroxyl groups excluding tert-OH is 1. The van der Waals surface area contributed by atoms with Gasteiger partial charge in [0.1, 0.15) is 42.1 Å². The molecule has 3 aliphatic rings. The summed E-state index contributed by atoms with van der Waals surface area (Å²) in [5.74, 6) is -0.804. The fourth-order valence-electron chi connectivity index (χ4n) is 5.74. The van der Waals surface area contributed by atoms with E-state index in [0.29, 0.717) is 4.88 Å². The summed E-state index contributed by atoms with van der Waals surface area (Å²) in [7, 11) is -10.1. The number of hydrogen-bond donors (Lipinski definition) is 5. The second kappa shape index (κ2) is 11.7. The van der Waals surface area contributed by atoms with Crippen molar-refractivity contribution in [2.24, 2.45) is 5.92 Å². The quantitative estimate of drug-likeness (QED) is 0.186. The molecule has 2 bridgehead atoms. The zero-order valence-corrected chi connectivity index (χ0v) is 26.1. The summed E-state index contributed by atoms with van der Waals surface area (Å²) >= 11 is 1.06. The summed E-state index contributed by atoms with van der Waals surface area (Å²) in [6.07, 6.45) is -8.67. The number of rotatable bonds is 3. The summed E-state index contributed by atoms with van der Waals surface area (Å²) in [4.78, 5) is 53.2. The molecule has 0 aliphatic carbocycles. The van der Waals surface area contributed by atoms with Gasteiger partial charge in [-0.3, -0.25) is 27.5 Å². The molecule has 7 rings (SSSR count). The third-order valence-corrected chi connectivity index (χ3v) is 10.8. The smallest absolute Gasteiger partial charge is 0.396 e. The number of aromatic nitrogens is 6. The van der Waals surface area contributed by atoms with Crippen molar-refractivity contribution in [2.45, 2.75) is 49.8 Å². The van der Waals surface area contributed by atoms with E-state index in [2.05, 4.69) is 24.9 Å². The van der Waals surface area contributed by atoms with Crippen LogP contribution in [-0.2, 0) is 36.7 Å². The number of aromatic amines is 1. The minimum absolute atomic E-state index is 0.00974. The highest BCUT2D eigenvalue weighted by molar-refractivity contribution is 7.47. The summed E-state index contributed by atoms with van der Waals surface area (Å²) in [5.41, 5.74) is 5.85. The van der Waals surface area contributed by atoms with Crippen LogP contribution in [0.25, 0.3) is 22.1 Å². The maximum atomic E-state index is 16.0. The second-order valence-electron chi connectivity index (χ2n) is 10.7. The number of phosphoric ester groups is 2. The number of alkyl halides is 1. The fourth-order valence-corrected chi connectivity index (χ4v) is 8.72. The molecule has 10 atom stereocenters. The lowest BCUT2D eigenvalue weighted by Gasteiger charge is -2.25. The van der Waals surface area contributed by atoms with E-state index in [9.17, 15) is 28.8 Å². The minimum atomic E-state index is -5.09. The summed E-state index contributed by atoms with van der Waals surface area (Å²) in [6.45, 7) is -0.668. The van der Waals surface area contributed by atoms with E-state index in [1.165, 1.54) is 11.7 Å². The molecular weight excluding hydrogens is 679 g/mol. The Bertz CT molecular complexity index is 1960. The Labute approximate surface area is 260 Å². The molecule has 2 unspecified atom stereocenters. The lowest BCUT2D eigenvalue weighted by atomic mass is 9.96. The molecule has 0 amide bonds. The van der Waals surface area contributed by atoms with Crippen molar-refractivity contribution in [3.05, 3.63) is 39.1 Å². The predicted octanol–water partition coefficient (Wildman–Crippen LogP) is 1.02. The molecule has 0 aromatic carbocycles. The number of nitrogens with one attached hydrogen (secondary N) is 1. The van der Waals surface area contributed by atoms with E-state index in [0.717, 1.165) is 22.2 Å². The van der Waals surface area contributed by atoms with Gasteiger partial charge in [-0.15, -0.1) is 11.3 Å². The number of anilines is 1. The highest BCUT2D eigenvalue weighted by atomic mass is 32.1. The number of nitrogens with zero attached hydrogens (tertiary/aromatic N) is 5. The monoisotopic (exact) mass is 705 g/mol. The molecule has 46 heavy (non-hydrogen) atoms. The summed E-state index contributed by atoms with van der Waals surface area (Å²) in [6, 6.07) is 0. The minimum Gasteiger partial charge on any atom is -0.396 e. The van der Waals surface area contributed by atoms with Crippen LogP contribution in [0.3, 0.4) is 0 Å². The number of imidazole rings is 1. The molecule has 3 aliphatic heterocycles. The van der Waals surface area contributed by atoms with Crippen LogP contribution >= 0.6 is 27.0 Å². The average Bonchev–Trinajstić information content (AvgIpc) is 3.75. The Morgan fingerprint density at radius 2 is 1.80 bits per heavy atom. The van der Waals surface area contributed by atoms with Crippen molar-refractivity contribution in [2.75, 3.05) is 25.6 Å². The van der Waals surface area contributed by atoms with E-state index < -0.39 is 89.9 Å². The third-order valence-electron chi connectivity index (χ3n) is 7.84. The molecule has 248 valence electrons. The highest BCUT2D eigenvalue weighted by Gasteiger charge is 2.54. The standard InChI is InChI=1S/C23H26FN7O12P2S/c1-8-29-14-10(22(33)30-8)5-46-19(14)18-16-9(2-32)11(40-18)3-38-45(36,37)43-17-12(4-39-44(34,35)42-16)41-23(13(17)24)31-7-28-15-20(25)26-6-27-21(15)31/h5-7,9,11-13,16-18,23,32H,2-4H2,1H3,(H,34,35)(H,36,37)(H2,25,26,27)(H,29,30,33)/t9-,11-,12-,13-,16-,17-,18-,23-/m1/s1. The SMILES string of the molecule is Cc1nc2c([C@@H]3O[C@@H]4COP(=O)(O)O[C@H]5[C@@H](F)[C@H](n6cnc7c(N)ncnc76)O[C@@H]5COP(=O)(O)O[C@@H]3[C@@H]4CO)scc2c(=O)[nH]1. The molecule has 19 nitrogen and oxygen atoms in total. The third kappa shape index (κ3) is 5.59. The fraction of sp³-hybridized carbons (Fsp3) is 0.522. The first kappa shape index (κ1) is 31.8. The largest absolute Gasteiger partial charge is 0.472 e. The number of halogens is 1. The molecule has 0 saturated carbocycles. The number of ether oxygens (including phenoxy) is 2. The van der Waals surface area contributed by atoms with E-state index in [4.69, 9.17) is 33.3 Å². The van der Waals surface area contributed by atoms with Gasteiger partial charge in [0.05, 0.1) is 48.0 Å². The zero-order valence-electron chi connectivity index (χ0n) is 23.5. The van der Waals surface area contributed by atoms with Crippen molar-refractivity contribution in [1.82, 2.24) is 29.5 Å². The van der Waals surface area contributed by atoms with E-state index in [1.54, 1.807) is 6.92 Å². The average molecular weight is 706 g/mol. The number of aliphatic hydroxyl groups is 1. The van der Waals surface area contributed by atoms with Crippen LogP contribution in [0.2, 0.25) is 0 Å². The first-order valence-electron chi connectivity index (χ1n) is 13.6. The Hall–Kier alpha value is -2.78. The Balaban J connectivity index is 1.22. The van der Waals surface area contributed by atoms with Gasteiger partial charge in [-0.25, -0.2) is 33.5 Å². The van der Waals surface area contributed by atoms with Crippen molar-refractivity contribution < 1.29 is 56.0 Å². The number of phosphoric acid groups is 2. The number of fused-ring (bicyclic) bond motifs is 5. The molecule has 23 heteroatoms. The normalized spacial score (nSPS) is 37.2. The molecule has 0 spiro atoms. The van der Waals surface area contributed by atoms with Gasteiger partial charge in [0.15, 0.2) is 23.9 Å². The van der Waals surface area contributed by atoms with Gasteiger partial charge in [0, 0.05) is 11.3 Å². The number of hydrogen-bond acceptors (Lipinski definition) is 16. The maximum absolute atomic E-state index is 16.0. The van der Waals surface area contributed by atoms with Gasteiger partial charge >= 0.3 is 15.6 Å². The molecule has 3 fully saturated rings. The molecular formula is C23H26FN7O12P2S. The van der Waals surface area contributed by atoms with Crippen LogP contribution in [0.1, 0.15) is 23.0 Å². The first-order chi connectivity index (χ1) is 21.9. The van der Waals surface area contributed by atoms with Gasteiger partial charge in [-0.1, -0.05) is 0 Å². The first-order valence-corrected chi connectivity index (χ1v) is 17.5. The van der Waals surface area contributed by atoms with Crippen LogP contribution in [0.15, 0.2) is 22.8 Å². The number of nitrogen functional groups attached to an aromatic ring is 1. The number of nitrogens with two attached hydrogens (primary N) is 1. The summed E-state index contributed by atoms with van der Waals surface area (Å²) < 4.78 is 76.6. The van der Waals surface area contributed by atoms with Gasteiger partial charge in [-0.05, 0) is 6.92 Å². The number of H-pyrrole nitrogens is 1. The predicted molar refractivity (Wildman–Crippen MR) is 153 cm³/mol. The molecule has 0 radical (unpaired) electrons. The molecule has 4 aromatic rings. The van der Waals surface area contributed by atoms with Gasteiger partial charge < -0.3 is 35.1 Å². The Morgan fingerprint density at radius 1 is 1.09 bits per heavy atom. The van der Waals surface area contributed by atoms with Crippen LogP contribution in [0.4, 0.5) is 10.2 Å². The van der Waals surface area contributed by atoms with E-state index in [-0.39, 0.29) is 33.7 Å². The number of aryl methyl sites for hydroxylation is 1. The van der Waals surface area contributed by atoms with Crippen molar-refractivity contribution in [3.63, 3.8) is 0 Å². The highest BCUT2D eigenvalue weighted by Crippen LogP contribution is 2.56. The molecule has 7 heterocycles. The lowest BCUT2D eigenvalue weighted by Crippen LogP contribution is -2.34. The maximum Gasteiger partial charge on any atom is 0.472 e. The van der Waals surface area contributed by atoms with Crippen molar-refractivity contribution in [1.29, 1.82) is 0 Å².